The van der Waals surface area contributed by atoms with E-state index in [2.05, 4.69) is 50.1 Å². The van der Waals surface area contributed by atoms with Crippen LogP contribution in [0.3, 0.4) is 0 Å². The van der Waals surface area contributed by atoms with Crippen LogP contribution in [-0.2, 0) is 12.8 Å². The molecule has 0 amide bonds. The Balaban J connectivity index is 2.00. The molecule has 0 aromatic heterocycles. The number of rotatable bonds is 4. The molecule has 1 atom stereocenters. The van der Waals surface area contributed by atoms with Gasteiger partial charge in [0.1, 0.15) is 0 Å². The van der Waals surface area contributed by atoms with E-state index in [0.29, 0.717) is 6.04 Å². The van der Waals surface area contributed by atoms with Crippen molar-refractivity contribution in [3.05, 3.63) is 35.4 Å². The van der Waals surface area contributed by atoms with Gasteiger partial charge < -0.3 is 10.6 Å². The third-order valence-electron chi connectivity index (χ3n) is 4.17. The lowest BCUT2D eigenvalue weighted by molar-refractivity contribution is 0.153. The minimum absolute atomic E-state index is 0.214. The van der Waals surface area contributed by atoms with Gasteiger partial charge in [-0.2, -0.15) is 0 Å². The Bertz CT molecular complexity index is 398. The molecule has 1 aliphatic carbocycles. The van der Waals surface area contributed by atoms with Crippen LogP contribution in [0.2, 0.25) is 0 Å². The summed E-state index contributed by atoms with van der Waals surface area (Å²) in [5.74, 6) is 0. The summed E-state index contributed by atoms with van der Waals surface area (Å²) in [4.78, 5) is 2.50. The fourth-order valence-corrected chi connectivity index (χ4v) is 2.92. The minimum Gasteiger partial charge on any atom is -0.330 e. The van der Waals surface area contributed by atoms with Crippen LogP contribution >= 0.6 is 0 Å². The van der Waals surface area contributed by atoms with Gasteiger partial charge in [0.25, 0.3) is 0 Å². The van der Waals surface area contributed by atoms with Gasteiger partial charge in [0.15, 0.2) is 0 Å². The van der Waals surface area contributed by atoms with Gasteiger partial charge in [0.05, 0.1) is 0 Å². The summed E-state index contributed by atoms with van der Waals surface area (Å²) in [6.07, 6.45) is 3.68. The molecule has 18 heavy (non-hydrogen) atoms. The number of hydrogen-bond donors (Lipinski definition) is 1. The second kappa shape index (κ2) is 5.41. The van der Waals surface area contributed by atoms with Gasteiger partial charge in [0.2, 0.25) is 0 Å². The quantitative estimate of drug-likeness (QED) is 0.884. The van der Waals surface area contributed by atoms with Crippen LogP contribution in [0.25, 0.3) is 0 Å². The number of aryl methyl sites for hydroxylation is 1. The fourth-order valence-electron chi connectivity index (χ4n) is 2.92. The highest BCUT2D eigenvalue weighted by Crippen LogP contribution is 2.25. The molecule has 0 spiro atoms. The molecular weight excluding hydrogens is 220 g/mol. The Hall–Kier alpha value is -0.860. The zero-order chi connectivity index (χ0) is 13.2. The van der Waals surface area contributed by atoms with Crippen molar-refractivity contribution in [2.24, 2.45) is 11.1 Å². The molecule has 1 aromatic rings. The van der Waals surface area contributed by atoms with Crippen molar-refractivity contribution in [1.29, 1.82) is 0 Å². The molecule has 2 rings (SSSR count). The van der Waals surface area contributed by atoms with Gasteiger partial charge in [-0.1, -0.05) is 38.1 Å². The van der Waals surface area contributed by atoms with Gasteiger partial charge in [0, 0.05) is 12.6 Å². The lowest BCUT2D eigenvalue weighted by Gasteiger charge is -2.37. The largest absolute Gasteiger partial charge is 0.330 e. The van der Waals surface area contributed by atoms with E-state index in [4.69, 9.17) is 5.73 Å². The normalized spacial score (nSPS) is 19.9. The van der Waals surface area contributed by atoms with E-state index in [-0.39, 0.29) is 5.41 Å². The van der Waals surface area contributed by atoms with Crippen LogP contribution in [-0.4, -0.2) is 31.1 Å². The molecular formula is C16H26N2. The Labute approximate surface area is 111 Å². The predicted molar refractivity (Wildman–Crippen MR) is 77.7 cm³/mol. The maximum Gasteiger partial charge on any atom is 0.0136 e. The highest BCUT2D eigenvalue weighted by Gasteiger charge is 2.26. The van der Waals surface area contributed by atoms with Crippen molar-refractivity contribution in [1.82, 2.24) is 4.90 Å². The van der Waals surface area contributed by atoms with Crippen LogP contribution in [0.5, 0.6) is 0 Å². The van der Waals surface area contributed by atoms with Crippen LogP contribution in [0.15, 0.2) is 24.3 Å². The van der Waals surface area contributed by atoms with Crippen LogP contribution in [0.1, 0.15) is 31.4 Å². The SMILES string of the molecule is CN(CC(C)(C)CN)C1CCc2ccccc2C1. The number of fused-ring (bicyclic) bond motifs is 1. The van der Waals surface area contributed by atoms with Gasteiger partial charge >= 0.3 is 0 Å². The Morgan fingerprint density at radius 3 is 2.61 bits per heavy atom. The molecule has 0 heterocycles. The predicted octanol–water partition coefficient (Wildman–Crippen LogP) is 2.46. The monoisotopic (exact) mass is 246 g/mol. The third-order valence-corrected chi connectivity index (χ3v) is 4.17. The molecule has 0 saturated heterocycles. The first kappa shape index (κ1) is 13.6. The average molecular weight is 246 g/mol. The van der Waals surface area contributed by atoms with Crippen molar-refractivity contribution in [3.63, 3.8) is 0 Å². The first-order valence-corrected chi connectivity index (χ1v) is 6.99. The second-order valence-corrected chi connectivity index (χ2v) is 6.45. The molecule has 1 unspecified atom stereocenters. The van der Waals surface area contributed by atoms with E-state index in [0.717, 1.165) is 13.1 Å². The lowest BCUT2D eigenvalue weighted by Crippen LogP contribution is -2.44. The van der Waals surface area contributed by atoms with E-state index in [9.17, 15) is 0 Å². The maximum atomic E-state index is 5.83. The topological polar surface area (TPSA) is 29.3 Å². The smallest absolute Gasteiger partial charge is 0.0136 e. The molecule has 0 fully saturated rings. The molecule has 2 N–H and O–H groups in total. The maximum absolute atomic E-state index is 5.83. The molecule has 100 valence electrons. The molecule has 0 saturated carbocycles. The van der Waals surface area contributed by atoms with Gasteiger partial charge in [-0.15, -0.1) is 0 Å². The van der Waals surface area contributed by atoms with E-state index < -0.39 is 0 Å². The van der Waals surface area contributed by atoms with Gasteiger partial charge in [-0.25, -0.2) is 0 Å². The van der Waals surface area contributed by atoms with Crippen molar-refractivity contribution >= 4 is 0 Å². The van der Waals surface area contributed by atoms with Crippen LogP contribution in [0, 0.1) is 5.41 Å². The summed E-state index contributed by atoms with van der Waals surface area (Å²) in [6, 6.07) is 9.54. The van der Waals surface area contributed by atoms with E-state index in [1.165, 1.54) is 24.8 Å². The molecule has 2 heteroatoms. The number of nitrogens with zero attached hydrogens (tertiary/aromatic N) is 1. The van der Waals surface area contributed by atoms with Crippen molar-refractivity contribution in [3.8, 4) is 0 Å². The summed E-state index contributed by atoms with van der Waals surface area (Å²) in [7, 11) is 2.25. The molecule has 0 aliphatic heterocycles. The zero-order valence-corrected chi connectivity index (χ0v) is 11.9. The minimum atomic E-state index is 0.214. The third kappa shape index (κ3) is 3.12. The molecule has 0 radical (unpaired) electrons. The first-order valence-electron chi connectivity index (χ1n) is 6.99. The van der Waals surface area contributed by atoms with E-state index >= 15 is 0 Å². The Kier molecular flexibility index (Phi) is 4.08. The van der Waals surface area contributed by atoms with Crippen molar-refractivity contribution < 1.29 is 0 Å². The fraction of sp³-hybridized carbons (Fsp3) is 0.625. The molecule has 1 aliphatic rings. The average Bonchev–Trinajstić information content (AvgIpc) is 2.37. The van der Waals surface area contributed by atoms with Crippen LogP contribution < -0.4 is 5.73 Å². The highest BCUT2D eigenvalue weighted by molar-refractivity contribution is 5.30. The first-order chi connectivity index (χ1) is 8.52. The standard InChI is InChI=1S/C16H26N2/c1-16(2,11-17)12-18(3)15-9-8-13-6-4-5-7-14(13)10-15/h4-7,15H,8-12,17H2,1-3H3. The summed E-state index contributed by atoms with van der Waals surface area (Å²) >= 11 is 0. The van der Waals surface area contributed by atoms with Crippen LogP contribution in [0.4, 0.5) is 0 Å². The molecule has 2 nitrogen and oxygen atoms in total. The van der Waals surface area contributed by atoms with Gasteiger partial charge in [-0.05, 0) is 49.4 Å². The summed E-state index contributed by atoms with van der Waals surface area (Å²) < 4.78 is 0. The number of hydrogen-bond acceptors (Lipinski definition) is 2. The van der Waals surface area contributed by atoms with Gasteiger partial charge in [-0.3, -0.25) is 0 Å². The lowest BCUT2D eigenvalue weighted by atomic mass is 9.86. The van der Waals surface area contributed by atoms with Crippen molar-refractivity contribution in [2.45, 2.75) is 39.2 Å². The second-order valence-electron chi connectivity index (χ2n) is 6.45. The zero-order valence-electron chi connectivity index (χ0n) is 11.9. The summed E-state index contributed by atoms with van der Waals surface area (Å²) in [6.45, 7) is 6.33. The molecule has 0 bridgehead atoms. The number of nitrogens with two attached hydrogens (primary N) is 1. The Morgan fingerprint density at radius 2 is 1.94 bits per heavy atom. The number of likely N-dealkylation sites (N-methyl/N-ethyl adjacent to an activating group) is 1. The molecule has 1 aromatic carbocycles. The highest BCUT2D eigenvalue weighted by atomic mass is 15.1. The van der Waals surface area contributed by atoms with E-state index in [1.807, 2.05) is 0 Å². The Morgan fingerprint density at radius 1 is 1.28 bits per heavy atom. The van der Waals surface area contributed by atoms with Crippen molar-refractivity contribution in [2.75, 3.05) is 20.1 Å². The van der Waals surface area contributed by atoms with E-state index in [1.54, 1.807) is 5.56 Å². The number of benzene rings is 1. The summed E-state index contributed by atoms with van der Waals surface area (Å²) in [5, 5.41) is 0. The summed E-state index contributed by atoms with van der Waals surface area (Å²) in [5.41, 5.74) is 9.12.